The number of ether oxygens (including phenoxy) is 1. The highest BCUT2D eigenvalue weighted by atomic mass is 35.5. The highest BCUT2D eigenvalue weighted by Gasteiger charge is 2.18. The number of hydrogen-bond donors (Lipinski definition) is 1. The van der Waals surface area contributed by atoms with Crippen molar-refractivity contribution in [3.05, 3.63) is 63.6 Å². The Labute approximate surface area is 169 Å². The fourth-order valence-corrected chi connectivity index (χ4v) is 3.41. The van der Waals surface area contributed by atoms with Crippen LogP contribution in [0.1, 0.15) is 46.2 Å². The molecular weight excluding hydrogens is 376 g/mol. The van der Waals surface area contributed by atoms with Crippen molar-refractivity contribution < 1.29 is 9.53 Å². The normalized spacial score (nSPS) is 11.1. The Bertz CT molecular complexity index is 984. The van der Waals surface area contributed by atoms with Crippen molar-refractivity contribution in [2.75, 3.05) is 19.8 Å². The zero-order valence-electron chi connectivity index (χ0n) is 16.5. The van der Waals surface area contributed by atoms with Gasteiger partial charge in [-0.1, -0.05) is 23.7 Å². The van der Waals surface area contributed by atoms with Gasteiger partial charge < -0.3 is 10.1 Å². The van der Waals surface area contributed by atoms with Crippen molar-refractivity contribution in [2.24, 2.45) is 0 Å². The number of benzene rings is 1. The summed E-state index contributed by atoms with van der Waals surface area (Å²) in [4.78, 5) is 17.2. The molecule has 6 nitrogen and oxygen atoms in total. The van der Waals surface area contributed by atoms with E-state index in [-0.39, 0.29) is 5.91 Å². The number of aryl methyl sites for hydroxylation is 2. The fourth-order valence-electron chi connectivity index (χ4n) is 3.19. The summed E-state index contributed by atoms with van der Waals surface area (Å²) in [6, 6.07) is 7.79. The summed E-state index contributed by atoms with van der Waals surface area (Å²) < 4.78 is 7.03. The summed E-state index contributed by atoms with van der Waals surface area (Å²) in [7, 11) is 0. The molecule has 0 aliphatic carbocycles. The molecular formula is C21H25ClN4O2. The lowest BCUT2D eigenvalue weighted by Crippen LogP contribution is -2.25. The Hall–Kier alpha value is -2.44. The molecule has 0 saturated carbocycles. The van der Waals surface area contributed by atoms with Crippen LogP contribution in [0.3, 0.4) is 0 Å². The van der Waals surface area contributed by atoms with E-state index in [1.165, 1.54) is 0 Å². The van der Waals surface area contributed by atoms with Gasteiger partial charge in [0, 0.05) is 42.6 Å². The summed E-state index contributed by atoms with van der Waals surface area (Å²) in [5.41, 5.74) is 5.11. The van der Waals surface area contributed by atoms with Gasteiger partial charge in [0.2, 0.25) is 0 Å². The summed E-state index contributed by atoms with van der Waals surface area (Å²) in [5, 5.41) is 8.02. The number of nitrogens with one attached hydrogen (secondary N) is 1. The van der Waals surface area contributed by atoms with Crippen molar-refractivity contribution >= 4 is 23.2 Å². The first kappa shape index (κ1) is 20.3. The Morgan fingerprint density at radius 1 is 1.32 bits per heavy atom. The van der Waals surface area contributed by atoms with Gasteiger partial charge in [-0.25, -0.2) is 9.50 Å². The van der Waals surface area contributed by atoms with Gasteiger partial charge in [-0.05, 0) is 50.5 Å². The molecule has 0 bridgehead atoms. The third kappa shape index (κ3) is 4.51. The van der Waals surface area contributed by atoms with E-state index in [4.69, 9.17) is 16.3 Å². The number of halogens is 1. The van der Waals surface area contributed by atoms with Crippen LogP contribution in [0.25, 0.3) is 5.65 Å². The number of rotatable bonds is 8. The van der Waals surface area contributed by atoms with E-state index in [1.807, 2.05) is 45.0 Å². The molecule has 1 amide bonds. The molecule has 0 radical (unpaired) electrons. The minimum absolute atomic E-state index is 0.166. The molecule has 0 aliphatic heterocycles. The number of aromatic nitrogens is 3. The molecule has 3 rings (SSSR count). The molecule has 0 spiro atoms. The molecule has 7 heteroatoms. The number of nitrogens with zero attached hydrogens (tertiary/aromatic N) is 3. The maximum absolute atomic E-state index is 12.5. The van der Waals surface area contributed by atoms with E-state index >= 15 is 0 Å². The quantitative estimate of drug-likeness (QED) is 0.585. The van der Waals surface area contributed by atoms with Crippen molar-refractivity contribution in [3.8, 4) is 0 Å². The lowest BCUT2D eigenvalue weighted by molar-refractivity contribution is 0.0945. The average molecular weight is 401 g/mol. The topological polar surface area (TPSA) is 68.5 Å². The van der Waals surface area contributed by atoms with Crippen LogP contribution in [-0.2, 0) is 11.2 Å². The molecule has 28 heavy (non-hydrogen) atoms. The zero-order chi connectivity index (χ0) is 20.1. The maximum Gasteiger partial charge on any atom is 0.256 e. The van der Waals surface area contributed by atoms with Crippen molar-refractivity contribution in [2.45, 2.75) is 33.6 Å². The smallest absolute Gasteiger partial charge is 0.256 e. The van der Waals surface area contributed by atoms with E-state index in [0.717, 1.165) is 28.9 Å². The van der Waals surface area contributed by atoms with Crippen LogP contribution in [0.2, 0.25) is 5.02 Å². The second kappa shape index (κ2) is 9.17. The van der Waals surface area contributed by atoms with Gasteiger partial charge in [-0.15, -0.1) is 0 Å². The summed E-state index contributed by atoms with van der Waals surface area (Å²) >= 11 is 6.11. The highest BCUT2D eigenvalue weighted by Crippen LogP contribution is 2.21. The van der Waals surface area contributed by atoms with Gasteiger partial charge in [0.1, 0.15) is 5.56 Å². The molecule has 1 N–H and O–H groups in total. The van der Waals surface area contributed by atoms with E-state index in [0.29, 0.717) is 42.4 Å². The van der Waals surface area contributed by atoms with E-state index in [9.17, 15) is 4.79 Å². The van der Waals surface area contributed by atoms with Gasteiger partial charge in [0.05, 0.1) is 6.20 Å². The predicted octanol–water partition coefficient (Wildman–Crippen LogP) is 3.75. The van der Waals surface area contributed by atoms with E-state index in [2.05, 4.69) is 15.4 Å². The van der Waals surface area contributed by atoms with Gasteiger partial charge in [0.25, 0.3) is 5.91 Å². The molecule has 0 atom stereocenters. The fraction of sp³-hybridized carbons (Fsp3) is 0.381. The molecule has 0 saturated heterocycles. The van der Waals surface area contributed by atoms with Gasteiger partial charge >= 0.3 is 0 Å². The monoisotopic (exact) mass is 400 g/mol. The molecule has 2 heterocycles. The van der Waals surface area contributed by atoms with Crippen molar-refractivity contribution in [1.29, 1.82) is 0 Å². The Kier molecular flexibility index (Phi) is 6.65. The van der Waals surface area contributed by atoms with Crippen molar-refractivity contribution in [1.82, 2.24) is 19.9 Å². The van der Waals surface area contributed by atoms with E-state index < -0.39 is 0 Å². The Balaban J connectivity index is 1.82. The van der Waals surface area contributed by atoms with Crippen LogP contribution in [0, 0.1) is 13.8 Å². The summed E-state index contributed by atoms with van der Waals surface area (Å²) in [6.45, 7) is 7.79. The molecule has 3 aromatic rings. The van der Waals surface area contributed by atoms with Crippen LogP contribution in [-0.4, -0.2) is 40.3 Å². The van der Waals surface area contributed by atoms with Crippen LogP contribution in [0.15, 0.2) is 30.5 Å². The lowest BCUT2D eigenvalue weighted by Gasteiger charge is -2.12. The first-order chi connectivity index (χ1) is 13.5. The number of amides is 1. The highest BCUT2D eigenvalue weighted by molar-refractivity contribution is 6.30. The molecule has 0 aliphatic rings. The van der Waals surface area contributed by atoms with Crippen LogP contribution in [0.4, 0.5) is 0 Å². The minimum atomic E-state index is -0.166. The van der Waals surface area contributed by atoms with Gasteiger partial charge in [-0.3, -0.25) is 4.79 Å². The SMILES string of the molecule is CCOCCCNC(=O)c1cnn2c(C)c(Cc3cccc(Cl)c3)c(C)nc12. The number of hydrogen-bond acceptors (Lipinski definition) is 4. The first-order valence-electron chi connectivity index (χ1n) is 9.45. The molecule has 1 aromatic carbocycles. The number of carbonyl (C=O) groups excluding carboxylic acids is 1. The van der Waals surface area contributed by atoms with Gasteiger partial charge in [-0.2, -0.15) is 5.10 Å². The molecule has 0 unspecified atom stereocenters. The third-order valence-corrected chi connectivity index (χ3v) is 4.91. The molecule has 0 fully saturated rings. The Morgan fingerprint density at radius 2 is 2.14 bits per heavy atom. The van der Waals surface area contributed by atoms with Crippen LogP contribution < -0.4 is 5.32 Å². The summed E-state index contributed by atoms with van der Waals surface area (Å²) in [5.74, 6) is -0.166. The van der Waals surface area contributed by atoms with Crippen LogP contribution >= 0.6 is 11.6 Å². The standard InChI is InChI=1S/C21H25ClN4O2/c1-4-28-10-6-9-23-21(27)19-13-24-26-15(3)18(14(2)25-20(19)26)12-16-7-5-8-17(22)11-16/h5,7-8,11,13H,4,6,9-10,12H2,1-3H3,(H,23,27). The number of fused-ring (bicyclic) bond motifs is 1. The second-order valence-electron chi connectivity index (χ2n) is 6.67. The lowest BCUT2D eigenvalue weighted by atomic mass is 10.0. The maximum atomic E-state index is 12.5. The third-order valence-electron chi connectivity index (χ3n) is 4.68. The predicted molar refractivity (Wildman–Crippen MR) is 110 cm³/mol. The van der Waals surface area contributed by atoms with Crippen LogP contribution in [0.5, 0.6) is 0 Å². The van der Waals surface area contributed by atoms with Gasteiger partial charge in [0.15, 0.2) is 5.65 Å². The largest absolute Gasteiger partial charge is 0.382 e. The zero-order valence-corrected chi connectivity index (χ0v) is 17.2. The first-order valence-corrected chi connectivity index (χ1v) is 9.83. The molecule has 2 aromatic heterocycles. The summed E-state index contributed by atoms with van der Waals surface area (Å²) in [6.07, 6.45) is 3.06. The number of carbonyl (C=O) groups is 1. The van der Waals surface area contributed by atoms with Crippen molar-refractivity contribution in [3.63, 3.8) is 0 Å². The average Bonchev–Trinajstić information content (AvgIpc) is 3.09. The van der Waals surface area contributed by atoms with E-state index in [1.54, 1.807) is 10.7 Å². The second-order valence-corrected chi connectivity index (χ2v) is 7.10. The molecule has 148 valence electrons. The minimum Gasteiger partial charge on any atom is -0.382 e. The Morgan fingerprint density at radius 3 is 2.89 bits per heavy atom.